The van der Waals surface area contributed by atoms with Crippen LogP contribution in [0.25, 0.3) is 10.8 Å². The van der Waals surface area contributed by atoms with Crippen LogP contribution in [0.5, 0.6) is 5.75 Å². The highest BCUT2D eigenvalue weighted by Gasteiger charge is 2.14. The summed E-state index contributed by atoms with van der Waals surface area (Å²) in [6.07, 6.45) is 0. The van der Waals surface area contributed by atoms with Gasteiger partial charge < -0.3 is 15.0 Å². The normalized spacial score (nSPS) is 10.6. The molecule has 0 atom stereocenters. The summed E-state index contributed by atoms with van der Waals surface area (Å²) < 4.78 is 5.42. The van der Waals surface area contributed by atoms with Gasteiger partial charge >= 0.3 is 0 Å². The molecule has 0 saturated carbocycles. The first-order chi connectivity index (χ1) is 14.1. The van der Waals surface area contributed by atoms with Gasteiger partial charge in [-0.25, -0.2) is 0 Å². The van der Waals surface area contributed by atoms with E-state index in [0.29, 0.717) is 6.61 Å². The molecule has 6 heteroatoms. The van der Waals surface area contributed by atoms with E-state index in [1.54, 1.807) is 7.05 Å². The van der Waals surface area contributed by atoms with E-state index >= 15 is 0 Å². The molecule has 0 aromatic heterocycles. The highest BCUT2D eigenvalue weighted by atomic mass is 32.2. The van der Waals surface area contributed by atoms with Crippen molar-refractivity contribution in [3.05, 3.63) is 66.7 Å². The maximum atomic E-state index is 12.4. The molecule has 3 aromatic rings. The molecular weight excluding hydrogens is 384 g/mol. The van der Waals surface area contributed by atoms with Crippen LogP contribution in [0.2, 0.25) is 0 Å². The summed E-state index contributed by atoms with van der Waals surface area (Å²) in [5.41, 5.74) is 0.748. The van der Waals surface area contributed by atoms with Gasteiger partial charge in [0.05, 0.1) is 18.9 Å². The zero-order valence-corrected chi connectivity index (χ0v) is 17.4. The van der Waals surface area contributed by atoms with E-state index in [0.717, 1.165) is 27.1 Å². The number of benzene rings is 3. The van der Waals surface area contributed by atoms with Crippen molar-refractivity contribution in [3.63, 3.8) is 0 Å². The van der Waals surface area contributed by atoms with E-state index in [9.17, 15) is 9.59 Å². The second-order valence-corrected chi connectivity index (χ2v) is 7.57. The average Bonchev–Trinajstić information content (AvgIpc) is 2.73. The SMILES string of the molecule is CCOc1ccc(SCC(=O)N(C)CC(=O)Nc2cccc3ccccc23)cc1. The first-order valence-electron chi connectivity index (χ1n) is 9.44. The van der Waals surface area contributed by atoms with E-state index in [4.69, 9.17) is 4.74 Å². The molecule has 3 rings (SSSR count). The summed E-state index contributed by atoms with van der Waals surface area (Å²) in [7, 11) is 1.64. The Hall–Kier alpha value is -2.99. The second-order valence-electron chi connectivity index (χ2n) is 6.52. The van der Waals surface area contributed by atoms with Gasteiger partial charge in [-0.05, 0) is 42.6 Å². The van der Waals surface area contributed by atoms with Gasteiger partial charge in [-0.2, -0.15) is 0 Å². The third kappa shape index (κ3) is 5.74. The fourth-order valence-electron chi connectivity index (χ4n) is 2.88. The molecular formula is C23H24N2O3S. The van der Waals surface area contributed by atoms with Gasteiger partial charge in [0.25, 0.3) is 0 Å². The molecule has 1 N–H and O–H groups in total. The molecule has 0 fully saturated rings. The van der Waals surface area contributed by atoms with Crippen molar-refractivity contribution in [1.82, 2.24) is 4.90 Å². The smallest absolute Gasteiger partial charge is 0.244 e. The van der Waals surface area contributed by atoms with Crippen molar-refractivity contribution in [1.29, 1.82) is 0 Å². The van der Waals surface area contributed by atoms with Crippen molar-refractivity contribution in [2.24, 2.45) is 0 Å². The van der Waals surface area contributed by atoms with Gasteiger partial charge in [-0.3, -0.25) is 9.59 Å². The maximum Gasteiger partial charge on any atom is 0.244 e. The van der Waals surface area contributed by atoms with Crippen molar-refractivity contribution in [3.8, 4) is 5.75 Å². The fourth-order valence-corrected chi connectivity index (χ4v) is 3.72. The van der Waals surface area contributed by atoms with Crippen LogP contribution in [0.3, 0.4) is 0 Å². The number of anilines is 1. The van der Waals surface area contributed by atoms with Crippen molar-refractivity contribution < 1.29 is 14.3 Å². The third-order valence-electron chi connectivity index (χ3n) is 4.37. The van der Waals surface area contributed by atoms with Crippen molar-refractivity contribution in [2.75, 3.05) is 31.3 Å². The Morgan fingerprint density at radius 2 is 1.72 bits per heavy atom. The molecule has 0 bridgehead atoms. The summed E-state index contributed by atoms with van der Waals surface area (Å²) in [6, 6.07) is 21.3. The van der Waals surface area contributed by atoms with E-state index in [2.05, 4.69) is 5.32 Å². The zero-order valence-electron chi connectivity index (χ0n) is 16.6. The molecule has 0 radical (unpaired) electrons. The lowest BCUT2D eigenvalue weighted by molar-refractivity contribution is -0.131. The Morgan fingerprint density at radius 1 is 1.00 bits per heavy atom. The van der Waals surface area contributed by atoms with E-state index < -0.39 is 0 Å². The Bertz CT molecular complexity index is 984. The summed E-state index contributed by atoms with van der Waals surface area (Å²) in [4.78, 5) is 27.2. The number of hydrogen-bond donors (Lipinski definition) is 1. The number of ether oxygens (including phenoxy) is 1. The van der Waals surface area contributed by atoms with Crippen LogP contribution in [0.15, 0.2) is 71.6 Å². The number of hydrogen-bond acceptors (Lipinski definition) is 4. The van der Waals surface area contributed by atoms with Crippen LogP contribution in [0, 0.1) is 0 Å². The highest BCUT2D eigenvalue weighted by Crippen LogP contribution is 2.23. The molecule has 0 saturated heterocycles. The fraction of sp³-hybridized carbons (Fsp3) is 0.217. The summed E-state index contributed by atoms with van der Waals surface area (Å²) in [6.45, 7) is 2.57. The molecule has 150 valence electrons. The number of nitrogens with one attached hydrogen (secondary N) is 1. The Morgan fingerprint density at radius 3 is 2.48 bits per heavy atom. The molecule has 3 aromatic carbocycles. The van der Waals surface area contributed by atoms with E-state index in [1.165, 1.54) is 16.7 Å². The number of carbonyl (C=O) groups is 2. The van der Waals surface area contributed by atoms with Gasteiger partial charge in [0, 0.05) is 23.0 Å². The first-order valence-corrected chi connectivity index (χ1v) is 10.4. The number of thioether (sulfide) groups is 1. The molecule has 0 aliphatic heterocycles. The van der Waals surface area contributed by atoms with Crippen molar-refractivity contribution >= 4 is 40.0 Å². The number of fused-ring (bicyclic) bond motifs is 1. The number of rotatable bonds is 8. The molecule has 0 unspecified atom stereocenters. The van der Waals surface area contributed by atoms with Gasteiger partial charge in [0.2, 0.25) is 11.8 Å². The molecule has 5 nitrogen and oxygen atoms in total. The lowest BCUT2D eigenvalue weighted by Gasteiger charge is -2.17. The number of nitrogens with zero attached hydrogens (tertiary/aromatic N) is 1. The molecule has 0 spiro atoms. The predicted molar refractivity (Wildman–Crippen MR) is 119 cm³/mol. The largest absolute Gasteiger partial charge is 0.494 e. The molecule has 2 amide bonds. The Kier molecular flexibility index (Phi) is 7.14. The van der Waals surface area contributed by atoms with Crippen LogP contribution in [-0.4, -0.2) is 42.7 Å². The monoisotopic (exact) mass is 408 g/mol. The maximum absolute atomic E-state index is 12.4. The quantitative estimate of drug-likeness (QED) is 0.560. The average molecular weight is 409 g/mol. The number of carbonyl (C=O) groups excluding carboxylic acids is 2. The summed E-state index contributed by atoms with van der Waals surface area (Å²) in [5, 5.41) is 4.94. The Labute approximate surface area is 175 Å². The minimum atomic E-state index is -0.219. The van der Waals surface area contributed by atoms with Crippen LogP contribution in [0.1, 0.15) is 6.92 Å². The second kappa shape index (κ2) is 9.98. The van der Waals surface area contributed by atoms with Crippen molar-refractivity contribution in [2.45, 2.75) is 11.8 Å². The van der Waals surface area contributed by atoms with Gasteiger partial charge in [-0.15, -0.1) is 11.8 Å². The lowest BCUT2D eigenvalue weighted by Crippen LogP contribution is -2.35. The first kappa shape index (κ1) is 20.7. The van der Waals surface area contributed by atoms with Crippen LogP contribution in [-0.2, 0) is 9.59 Å². The topological polar surface area (TPSA) is 58.6 Å². The number of amides is 2. The van der Waals surface area contributed by atoms with Gasteiger partial charge in [0.1, 0.15) is 5.75 Å². The minimum absolute atomic E-state index is 0.00585. The van der Waals surface area contributed by atoms with Gasteiger partial charge in [0.15, 0.2) is 0 Å². The van der Waals surface area contributed by atoms with E-state index in [-0.39, 0.29) is 24.1 Å². The van der Waals surface area contributed by atoms with Crippen LogP contribution < -0.4 is 10.1 Å². The summed E-state index contributed by atoms with van der Waals surface area (Å²) >= 11 is 1.44. The molecule has 0 heterocycles. The predicted octanol–water partition coefficient (Wildman–Crippen LogP) is 4.43. The Balaban J connectivity index is 1.51. The highest BCUT2D eigenvalue weighted by molar-refractivity contribution is 8.00. The summed E-state index contributed by atoms with van der Waals surface area (Å²) in [5.74, 6) is 0.761. The van der Waals surface area contributed by atoms with E-state index in [1.807, 2.05) is 73.7 Å². The third-order valence-corrected chi connectivity index (χ3v) is 5.36. The van der Waals surface area contributed by atoms with Gasteiger partial charge in [-0.1, -0.05) is 36.4 Å². The number of likely N-dealkylation sites (N-methyl/N-ethyl adjacent to an activating group) is 1. The molecule has 29 heavy (non-hydrogen) atoms. The standard InChI is InChI=1S/C23H24N2O3S/c1-3-28-18-11-13-19(14-12-18)29-16-23(27)25(2)15-22(26)24-21-10-6-8-17-7-4-5-9-20(17)21/h4-14H,3,15-16H2,1-2H3,(H,24,26). The van der Waals surface area contributed by atoms with Crippen LogP contribution >= 0.6 is 11.8 Å². The molecule has 0 aliphatic rings. The van der Waals surface area contributed by atoms with Crippen LogP contribution in [0.4, 0.5) is 5.69 Å². The lowest BCUT2D eigenvalue weighted by atomic mass is 10.1. The minimum Gasteiger partial charge on any atom is -0.494 e. The zero-order chi connectivity index (χ0) is 20.6. The molecule has 0 aliphatic carbocycles.